The largest absolute Gasteiger partial charge is 0.374 e. The van der Waals surface area contributed by atoms with Gasteiger partial charge in [0.25, 0.3) is 0 Å². The summed E-state index contributed by atoms with van der Waals surface area (Å²) in [7, 11) is 0. The van der Waals surface area contributed by atoms with Gasteiger partial charge in [-0.3, -0.25) is 0 Å². The van der Waals surface area contributed by atoms with E-state index in [-0.39, 0.29) is 0 Å². The Morgan fingerprint density at radius 2 is 2.17 bits per heavy atom. The number of nitrogens with zero attached hydrogens (tertiary/aromatic N) is 1. The van der Waals surface area contributed by atoms with Crippen molar-refractivity contribution in [1.82, 2.24) is 10.2 Å². The maximum Gasteiger partial charge on any atom is 0.0826 e. The molecule has 0 unspecified atom stereocenters. The third-order valence-corrected chi connectivity index (χ3v) is 2.66. The molecule has 0 spiro atoms. The van der Waals surface area contributed by atoms with Crippen molar-refractivity contribution in [2.45, 2.75) is 18.9 Å². The van der Waals surface area contributed by atoms with E-state index in [0.29, 0.717) is 6.10 Å². The van der Waals surface area contributed by atoms with Gasteiger partial charge in [-0.1, -0.05) is 0 Å². The first kappa shape index (κ1) is 8.48. The van der Waals surface area contributed by atoms with Gasteiger partial charge in [0.05, 0.1) is 12.7 Å². The molecule has 2 aliphatic heterocycles. The van der Waals surface area contributed by atoms with E-state index >= 15 is 0 Å². The monoisotopic (exact) mass is 170 g/mol. The molecule has 0 aliphatic carbocycles. The van der Waals surface area contributed by atoms with Crippen LogP contribution >= 0.6 is 0 Å². The fourth-order valence-electron chi connectivity index (χ4n) is 1.99. The van der Waals surface area contributed by atoms with Crippen LogP contribution in [0, 0.1) is 0 Å². The summed E-state index contributed by atoms with van der Waals surface area (Å²) in [5.41, 5.74) is 0. The normalized spacial score (nSPS) is 32.5. The lowest BCUT2D eigenvalue weighted by atomic mass is 10.3. The highest BCUT2D eigenvalue weighted by Crippen LogP contribution is 2.09. The second kappa shape index (κ2) is 4.21. The van der Waals surface area contributed by atoms with Gasteiger partial charge in [-0.2, -0.15) is 0 Å². The molecule has 0 bridgehead atoms. The van der Waals surface area contributed by atoms with Crippen LogP contribution in [-0.4, -0.2) is 50.3 Å². The summed E-state index contributed by atoms with van der Waals surface area (Å²) in [5.74, 6) is 0. The number of ether oxygens (including phenoxy) is 1. The molecule has 2 rings (SSSR count). The van der Waals surface area contributed by atoms with Crippen LogP contribution in [0.5, 0.6) is 0 Å². The summed E-state index contributed by atoms with van der Waals surface area (Å²) in [6.07, 6.45) is 3.19. The van der Waals surface area contributed by atoms with Crippen molar-refractivity contribution < 1.29 is 4.74 Å². The molecule has 0 radical (unpaired) electrons. The molecule has 0 aromatic rings. The number of hydrogen-bond donors (Lipinski definition) is 1. The van der Waals surface area contributed by atoms with Crippen LogP contribution in [0.15, 0.2) is 0 Å². The number of likely N-dealkylation sites (tertiary alicyclic amines) is 1. The Labute approximate surface area is 74.1 Å². The summed E-state index contributed by atoms with van der Waals surface area (Å²) in [5, 5.41) is 3.36. The third kappa shape index (κ3) is 2.19. The van der Waals surface area contributed by atoms with Crippen molar-refractivity contribution in [3.05, 3.63) is 0 Å². The third-order valence-electron chi connectivity index (χ3n) is 2.66. The highest BCUT2D eigenvalue weighted by Gasteiger charge is 2.19. The maximum atomic E-state index is 5.64. The predicted octanol–water partition coefficient (Wildman–Crippen LogP) is 0.0706. The molecule has 2 aliphatic rings. The summed E-state index contributed by atoms with van der Waals surface area (Å²) in [6.45, 7) is 6.64. The molecule has 0 amide bonds. The minimum absolute atomic E-state index is 0.442. The molecule has 70 valence electrons. The Hall–Kier alpha value is -0.120. The molecular formula is C9H18N2O. The van der Waals surface area contributed by atoms with Gasteiger partial charge in [0.1, 0.15) is 0 Å². The fraction of sp³-hybridized carbons (Fsp3) is 1.00. The van der Waals surface area contributed by atoms with E-state index in [1.165, 1.54) is 25.9 Å². The summed E-state index contributed by atoms with van der Waals surface area (Å²) >= 11 is 0. The Balaban J connectivity index is 1.69. The summed E-state index contributed by atoms with van der Waals surface area (Å²) in [6, 6.07) is 0. The standard InChI is InChI=1S/C9H18N2O/c1-2-5-11(4-1)8-9-7-10-3-6-12-9/h9-10H,1-8H2/t9-/m1/s1. The summed E-state index contributed by atoms with van der Waals surface area (Å²) < 4.78 is 5.64. The zero-order chi connectivity index (χ0) is 8.23. The lowest BCUT2D eigenvalue weighted by Crippen LogP contribution is -2.44. The van der Waals surface area contributed by atoms with Crippen LogP contribution < -0.4 is 5.32 Å². The van der Waals surface area contributed by atoms with Gasteiger partial charge in [-0.25, -0.2) is 0 Å². The topological polar surface area (TPSA) is 24.5 Å². The molecule has 0 saturated carbocycles. The van der Waals surface area contributed by atoms with Crippen LogP contribution in [0.1, 0.15) is 12.8 Å². The molecule has 2 heterocycles. The molecule has 3 nitrogen and oxygen atoms in total. The zero-order valence-electron chi connectivity index (χ0n) is 7.59. The lowest BCUT2D eigenvalue weighted by Gasteiger charge is -2.27. The van der Waals surface area contributed by atoms with Gasteiger partial charge in [0.2, 0.25) is 0 Å². The Morgan fingerprint density at radius 3 is 2.83 bits per heavy atom. The predicted molar refractivity (Wildman–Crippen MR) is 48.3 cm³/mol. The molecule has 0 aromatic heterocycles. The fourth-order valence-corrected chi connectivity index (χ4v) is 1.99. The molecule has 0 aromatic carbocycles. The van der Waals surface area contributed by atoms with Gasteiger partial charge in [-0.05, 0) is 25.9 Å². The zero-order valence-corrected chi connectivity index (χ0v) is 7.59. The Morgan fingerprint density at radius 1 is 1.33 bits per heavy atom. The van der Waals surface area contributed by atoms with Gasteiger partial charge in [0, 0.05) is 19.6 Å². The minimum Gasteiger partial charge on any atom is -0.374 e. The number of hydrogen-bond acceptors (Lipinski definition) is 3. The first-order valence-corrected chi connectivity index (χ1v) is 5.00. The quantitative estimate of drug-likeness (QED) is 0.635. The number of nitrogens with one attached hydrogen (secondary N) is 1. The average molecular weight is 170 g/mol. The van der Waals surface area contributed by atoms with Crippen molar-refractivity contribution in [1.29, 1.82) is 0 Å². The van der Waals surface area contributed by atoms with E-state index in [2.05, 4.69) is 10.2 Å². The van der Waals surface area contributed by atoms with Gasteiger partial charge < -0.3 is 15.0 Å². The van der Waals surface area contributed by atoms with E-state index in [0.717, 1.165) is 26.2 Å². The van der Waals surface area contributed by atoms with E-state index in [4.69, 9.17) is 4.74 Å². The smallest absolute Gasteiger partial charge is 0.0826 e. The SMILES string of the molecule is C1CCN(C[C@H]2CNCCO2)C1. The van der Waals surface area contributed by atoms with Gasteiger partial charge in [0.15, 0.2) is 0 Å². The second-order valence-electron chi connectivity index (χ2n) is 3.70. The second-order valence-corrected chi connectivity index (χ2v) is 3.70. The number of rotatable bonds is 2. The van der Waals surface area contributed by atoms with Crippen LogP contribution in [0.25, 0.3) is 0 Å². The van der Waals surface area contributed by atoms with Crippen molar-refractivity contribution in [2.24, 2.45) is 0 Å². The lowest BCUT2D eigenvalue weighted by molar-refractivity contribution is 0.00967. The highest BCUT2D eigenvalue weighted by molar-refractivity contribution is 4.74. The molecule has 1 N–H and O–H groups in total. The molecule has 2 fully saturated rings. The van der Waals surface area contributed by atoms with Crippen molar-refractivity contribution in [2.75, 3.05) is 39.3 Å². The summed E-state index contributed by atoms with van der Waals surface area (Å²) in [4.78, 5) is 2.51. The van der Waals surface area contributed by atoms with Crippen molar-refractivity contribution in [3.8, 4) is 0 Å². The van der Waals surface area contributed by atoms with Crippen LogP contribution in [0.3, 0.4) is 0 Å². The molecule has 3 heteroatoms. The molecule has 1 atom stereocenters. The molecule has 2 saturated heterocycles. The Bertz CT molecular complexity index is 128. The van der Waals surface area contributed by atoms with E-state index in [1.807, 2.05) is 0 Å². The average Bonchev–Trinajstić information content (AvgIpc) is 2.59. The van der Waals surface area contributed by atoms with E-state index < -0.39 is 0 Å². The number of morpholine rings is 1. The van der Waals surface area contributed by atoms with Crippen molar-refractivity contribution in [3.63, 3.8) is 0 Å². The van der Waals surface area contributed by atoms with Crippen molar-refractivity contribution >= 4 is 0 Å². The molecule has 12 heavy (non-hydrogen) atoms. The minimum atomic E-state index is 0.442. The highest BCUT2D eigenvalue weighted by atomic mass is 16.5. The first-order valence-electron chi connectivity index (χ1n) is 5.00. The Kier molecular flexibility index (Phi) is 2.98. The van der Waals surface area contributed by atoms with Gasteiger partial charge in [-0.15, -0.1) is 0 Å². The van der Waals surface area contributed by atoms with Gasteiger partial charge >= 0.3 is 0 Å². The van der Waals surface area contributed by atoms with E-state index in [1.54, 1.807) is 0 Å². The van der Waals surface area contributed by atoms with Crippen LogP contribution in [-0.2, 0) is 4.74 Å². The molecular weight excluding hydrogens is 152 g/mol. The maximum absolute atomic E-state index is 5.64. The van der Waals surface area contributed by atoms with E-state index in [9.17, 15) is 0 Å². The van der Waals surface area contributed by atoms with Crippen LogP contribution in [0.2, 0.25) is 0 Å². The first-order chi connectivity index (χ1) is 5.95. The van der Waals surface area contributed by atoms with Crippen LogP contribution in [0.4, 0.5) is 0 Å².